The minimum atomic E-state index is -1.15. The van der Waals surface area contributed by atoms with Crippen LogP contribution in [0.3, 0.4) is 0 Å². The quantitative estimate of drug-likeness (QED) is 0.774. The molecule has 0 radical (unpaired) electrons. The lowest BCUT2D eigenvalue weighted by molar-refractivity contribution is -0.146. The van der Waals surface area contributed by atoms with Crippen LogP contribution in [0.15, 0.2) is 18.2 Å². The van der Waals surface area contributed by atoms with E-state index in [1.165, 1.54) is 21.1 Å². The number of aliphatic carboxylic acids is 1. The van der Waals surface area contributed by atoms with Crippen LogP contribution < -0.4 is 14.8 Å². The summed E-state index contributed by atoms with van der Waals surface area (Å²) in [6.07, 6.45) is 0. The van der Waals surface area contributed by atoms with Gasteiger partial charge in [-0.15, -0.1) is 0 Å². The molecule has 0 saturated carbocycles. The highest BCUT2D eigenvalue weighted by Gasteiger charge is 2.22. The molecule has 0 heterocycles. The second kappa shape index (κ2) is 6.79. The summed E-state index contributed by atoms with van der Waals surface area (Å²) < 4.78 is 10.3. The number of carboxylic acid groups (broad SMARTS) is 1. The van der Waals surface area contributed by atoms with Crippen LogP contribution in [0.4, 0.5) is 0 Å². The minimum Gasteiger partial charge on any atom is -0.493 e. The van der Waals surface area contributed by atoms with Gasteiger partial charge >= 0.3 is 5.97 Å². The smallest absolute Gasteiger partial charge is 0.315 e. The Hall–Kier alpha value is -2.24. The van der Waals surface area contributed by atoms with Gasteiger partial charge in [0.1, 0.15) is 5.92 Å². The van der Waals surface area contributed by atoms with Gasteiger partial charge in [0.05, 0.1) is 20.3 Å². The molecule has 6 heteroatoms. The Balaban J connectivity index is 2.85. The Bertz CT molecular complexity index is 500. The van der Waals surface area contributed by atoms with Gasteiger partial charge in [-0.3, -0.25) is 9.59 Å². The van der Waals surface area contributed by atoms with E-state index in [1.54, 1.807) is 25.1 Å². The van der Waals surface area contributed by atoms with Crippen molar-refractivity contribution in [2.24, 2.45) is 5.92 Å². The van der Waals surface area contributed by atoms with E-state index in [0.717, 1.165) is 5.56 Å². The fraction of sp³-hybridized carbons (Fsp3) is 0.429. The van der Waals surface area contributed by atoms with Gasteiger partial charge in [0, 0.05) is 0 Å². The summed E-state index contributed by atoms with van der Waals surface area (Å²) in [5.41, 5.74) is 0.800. The predicted octanol–water partition coefficient (Wildman–Crippen LogP) is 1.60. The van der Waals surface area contributed by atoms with E-state index in [0.29, 0.717) is 11.5 Å². The number of methoxy groups -OCH3 is 2. The van der Waals surface area contributed by atoms with Gasteiger partial charge in [0.25, 0.3) is 0 Å². The summed E-state index contributed by atoms with van der Waals surface area (Å²) in [6.45, 7) is 3.12. The highest BCUT2D eigenvalue weighted by atomic mass is 16.5. The number of carbonyl (C=O) groups excluding carboxylic acids is 1. The van der Waals surface area contributed by atoms with E-state index in [-0.39, 0.29) is 6.04 Å². The summed E-state index contributed by atoms with van der Waals surface area (Å²) >= 11 is 0. The predicted molar refractivity (Wildman–Crippen MR) is 72.9 cm³/mol. The van der Waals surface area contributed by atoms with Gasteiger partial charge in [-0.25, -0.2) is 0 Å². The molecule has 6 nitrogen and oxygen atoms in total. The number of nitrogens with one attached hydrogen (secondary N) is 1. The molecule has 110 valence electrons. The minimum absolute atomic E-state index is 0.330. The van der Waals surface area contributed by atoms with Crippen molar-refractivity contribution in [2.75, 3.05) is 14.2 Å². The van der Waals surface area contributed by atoms with Crippen LogP contribution >= 0.6 is 0 Å². The average Bonchev–Trinajstić information content (AvgIpc) is 2.45. The topological polar surface area (TPSA) is 84.9 Å². The molecule has 0 bridgehead atoms. The molecule has 0 aliphatic carbocycles. The standard InChI is InChI=1S/C14H19NO5/c1-8(14(17)18)13(16)15-9(2)10-5-6-11(19-3)12(7-10)20-4/h5-9H,1-4H3,(H,15,16)(H,17,18). The van der Waals surface area contributed by atoms with E-state index in [1.807, 2.05) is 0 Å². The van der Waals surface area contributed by atoms with E-state index in [2.05, 4.69) is 5.32 Å². The van der Waals surface area contributed by atoms with E-state index in [9.17, 15) is 9.59 Å². The van der Waals surface area contributed by atoms with Crippen LogP contribution in [0.2, 0.25) is 0 Å². The zero-order valence-electron chi connectivity index (χ0n) is 12.0. The number of carboxylic acids is 1. The zero-order chi connectivity index (χ0) is 15.3. The van der Waals surface area contributed by atoms with Gasteiger partial charge < -0.3 is 19.9 Å². The van der Waals surface area contributed by atoms with Crippen molar-refractivity contribution in [3.63, 3.8) is 0 Å². The summed E-state index contributed by atoms with van der Waals surface area (Å²) in [6, 6.07) is 4.94. The number of amides is 1. The van der Waals surface area contributed by atoms with Crippen LogP contribution in [0.5, 0.6) is 11.5 Å². The fourth-order valence-electron chi connectivity index (χ4n) is 1.66. The van der Waals surface area contributed by atoms with Crippen LogP contribution in [0.25, 0.3) is 0 Å². The Kier molecular flexibility index (Phi) is 5.37. The molecule has 0 saturated heterocycles. The molecular formula is C14H19NO5. The summed E-state index contributed by atoms with van der Waals surface area (Å²) in [5, 5.41) is 11.4. The normalized spacial score (nSPS) is 13.2. The van der Waals surface area contributed by atoms with Crippen molar-refractivity contribution in [3.05, 3.63) is 23.8 Å². The molecule has 0 aliphatic rings. The third-order valence-corrected chi connectivity index (χ3v) is 3.03. The molecule has 1 rings (SSSR count). The van der Waals surface area contributed by atoms with E-state index >= 15 is 0 Å². The number of ether oxygens (including phenoxy) is 2. The lowest BCUT2D eigenvalue weighted by Gasteiger charge is -2.17. The van der Waals surface area contributed by atoms with Crippen molar-refractivity contribution in [1.29, 1.82) is 0 Å². The molecule has 20 heavy (non-hydrogen) atoms. The van der Waals surface area contributed by atoms with Crippen molar-refractivity contribution < 1.29 is 24.2 Å². The first-order valence-electron chi connectivity index (χ1n) is 6.15. The molecule has 2 unspecified atom stereocenters. The summed E-state index contributed by atoms with van der Waals surface area (Å²) in [7, 11) is 3.06. The van der Waals surface area contributed by atoms with Gasteiger partial charge in [-0.2, -0.15) is 0 Å². The molecule has 2 N–H and O–H groups in total. The van der Waals surface area contributed by atoms with Crippen molar-refractivity contribution in [3.8, 4) is 11.5 Å². The summed E-state index contributed by atoms with van der Waals surface area (Å²) in [4.78, 5) is 22.4. The molecule has 0 fully saturated rings. The van der Waals surface area contributed by atoms with Crippen LogP contribution in [0.1, 0.15) is 25.5 Å². The molecule has 1 amide bonds. The molecular weight excluding hydrogens is 262 g/mol. The fourth-order valence-corrected chi connectivity index (χ4v) is 1.66. The number of benzene rings is 1. The first-order chi connectivity index (χ1) is 9.40. The average molecular weight is 281 g/mol. The van der Waals surface area contributed by atoms with Crippen molar-refractivity contribution in [1.82, 2.24) is 5.32 Å². The monoisotopic (exact) mass is 281 g/mol. The Morgan fingerprint density at radius 2 is 1.75 bits per heavy atom. The molecule has 0 spiro atoms. The van der Waals surface area contributed by atoms with Crippen LogP contribution in [-0.4, -0.2) is 31.2 Å². The number of carbonyl (C=O) groups is 2. The lowest BCUT2D eigenvalue weighted by atomic mass is 10.1. The van der Waals surface area contributed by atoms with E-state index in [4.69, 9.17) is 14.6 Å². The molecule has 1 aromatic rings. The SMILES string of the molecule is COc1ccc(C(C)NC(=O)C(C)C(=O)O)cc1OC. The Morgan fingerprint density at radius 3 is 2.25 bits per heavy atom. The second-order valence-electron chi connectivity index (χ2n) is 4.40. The number of hydrogen-bond acceptors (Lipinski definition) is 4. The second-order valence-corrected chi connectivity index (χ2v) is 4.40. The van der Waals surface area contributed by atoms with Crippen molar-refractivity contribution >= 4 is 11.9 Å². The van der Waals surface area contributed by atoms with Gasteiger partial charge in [-0.1, -0.05) is 6.07 Å². The largest absolute Gasteiger partial charge is 0.493 e. The van der Waals surface area contributed by atoms with Crippen LogP contribution in [-0.2, 0) is 9.59 Å². The van der Waals surface area contributed by atoms with Crippen LogP contribution in [0, 0.1) is 5.92 Å². The number of hydrogen-bond donors (Lipinski definition) is 2. The third-order valence-electron chi connectivity index (χ3n) is 3.03. The zero-order valence-corrected chi connectivity index (χ0v) is 12.0. The van der Waals surface area contributed by atoms with E-state index < -0.39 is 17.8 Å². The Morgan fingerprint density at radius 1 is 1.15 bits per heavy atom. The molecule has 1 aromatic carbocycles. The maximum atomic E-state index is 11.7. The highest BCUT2D eigenvalue weighted by molar-refractivity contribution is 5.96. The summed E-state index contributed by atoms with van der Waals surface area (Å²) in [5.74, 6) is -1.62. The third kappa shape index (κ3) is 3.63. The molecule has 2 atom stereocenters. The first-order valence-corrected chi connectivity index (χ1v) is 6.15. The molecule has 0 aliphatic heterocycles. The first kappa shape index (κ1) is 15.8. The number of rotatable bonds is 6. The van der Waals surface area contributed by atoms with Gasteiger partial charge in [-0.05, 0) is 31.5 Å². The van der Waals surface area contributed by atoms with Crippen molar-refractivity contribution in [2.45, 2.75) is 19.9 Å². The lowest BCUT2D eigenvalue weighted by Crippen LogP contribution is -2.35. The molecule has 0 aromatic heterocycles. The highest BCUT2D eigenvalue weighted by Crippen LogP contribution is 2.29. The van der Waals surface area contributed by atoms with Gasteiger partial charge in [0.15, 0.2) is 11.5 Å². The Labute approximate surface area is 117 Å². The maximum absolute atomic E-state index is 11.7. The van der Waals surface area contributed by atoms with Gasteiger partial charge in [0.2, 0.25) is 5.91 Å². The maximum Gasteiger partial charge on any atom is 0.315 e.